The molecule has 160 valence electrons. The van der Waals surface area contributed by atoms with Crippen LogP contribution in [0.25, 0.3) is 0 Å². The van der Waals surface area contributed by atoms with E-state index >= 15 is 0 Å². The van der Waals surface area contributed by atoms with Gasteiger partial charge in [-0.05, 0) is 31.9 Å². The Bertz CT molecular complexity index is 794. The van der Waals surface area contributed by atoms with E-state index in [2.05, 4.69) is 77.5 Å². The highest BCUT2D eigenvalue weighted by molar-refractivity contribution is 14.0. The molecule has 1 unspecified atom stereocenters. The number of hydrogen-bond donors (Lipinski definition) is 2. The molecule has 0 spiro atoms. The van der Waals surface area contributed by atoms with Crippen molar-refractivity contribution in [3.05, 3.63) is 47.7 Å². The fraction of sp³-hybridized carbons (Fsp3) is 0.545. The summed E-state index contributed by atoms with van der Waals surface area (Å²) in [7, 11) is 1.80. The standard InChI is InChI=1S/C22H33N5O.HI/c1-16-8-10-18(11-9-16)27-12-6-7-17(15-27)26-21(23-5)25-14-20-24-13-19(28-20)22(2,3)4;/h8-11,13,17H,6-7,12,14-15H2,1-5H3,(H2,23,25,26);1H. The van der Waals surface area contributed by atoms with Crippen LogP contribution in [-0.2, 0) is 12.0 Å². The third-order valence-electron chi connectivity index (χ3n) is 5.08. The Morgan fingerprint density at radius 3 is 2.62 bits per heavy atom. The maximum absolute atomic E-state index is 5.85. The Morgan fingerprint density at radius 1 is 1.28 bits per heavy atom. The van der Waals surface area contributed by atoms with E-state index in [1.807, 2.05) is 6.20 Å². The van der Waals surface area contributed by atoms with Crippen molar-refractivity contribution < 1.29 is 4.42 Å². The maximum atomic E-state index is 5.85. The number of halogens is 1. The average molecular weight is 511 g/mol. The zero-order chi connectivity index (χ0) is 20.1. The van der Waals surface area contributed by atoms with Gasteiger partial charge in [-0.2, -0.15) is 0 Å². The number of oxazole rings is 1. The Balaban J connectivity index is 0.00000300. The minimum atomic E-state index is -0.0350. The van der Waals surface area contributed by atoms with Gasteiger partial charge in [0.25, 0.3) is 0 Å². The minimum Gasteiger partial charge on any atom is -0.443 e. The van der Waals surface area contributed by atoms with Crippen LogP contribution in [0, 0.1) is 6.92 Å². The lowest BCUT2D eigenvalue weighted by atomic mass is 9.94. The number of anilines is 1. The molecule has 1 aliphatic rings. The highest BCUT2D eigenvalue weighted by Crippen LogP contribution is 2.23. The minimum absolute atomic E-state index is 0. The molecule has 1 fully saturated rings. The lowest BCUT2D eigenvalue weighted by molar-refractivity contribution is 0.379. The van der Waals surface area contributed by atoms with Gasteiger partial charge in [-0.3, -0.25) is 4.99 Å². The lowest BCUT2D eigenvalue weighted by Crippen LogP contribution is -2.51. The monoisotopic (exact) mass is 511 g/mol. The molecule has 0 radical (unpaired) electrons. The first-order chi connectivity index (χ1) is 13.3. The van der Waals surface area contributed by atoms with Gasteiger partial charge in [-0.1, -0.05) is 38.5 Å². The van der Waals surface area contributed by atoms with Crippen molar-refractivity contribution in [2.45, 2.75) is 58.5 Å². The van der Waals surface area contributed by atoms with Gasteiger partial charge in [0.1, 0.15) is 5.76 Å². The zero-order valence-electron chi connectivity index (χ0n) is 18.2. The predicted octanol–water partition coefficient (Wildman–Crippen LogP) is 4.23. The second-order valence-electron chi connectivity index (χ2n) is 8.56. The second-order valence-corrected chi connectivity index (χ2v) is 8.56. The molecular weight excluding hydrogens is 477 g/mol. The molecule has 0 saturated carbocycles. The number of nitrogens with zero attached hydrogens (tertiary/aromatic N) is 3. The molecule has 2 heterocycles. The molecule has 1 saturated heterocycles. The maximum Gasteiger partial charge on any atom is 0.213 e. The molecule has 0 amide bonds. The van der Waals surface area contributed by atoms with Crippen molar-refractivity contribution in [2.24, 2.45) is 4.99 Å². The summed E-state index contributed by atoms with van der Waals surface area (Å²) >= 11 is 0. The predicted molar refractivity (Wildman–Crippen MR) is 130 cm³/mol. The van der Waals surface area contributed by atoms with Crippen molar-refractivity contribution >= 4 is 35.6 Å². The van der Waals surface area contributed by atoms with E-state index in [0.717, 1.165) is 37.7 Å². The summed E-state index contributed by atoms with van der Waals surface area (Å²) < 4.78 is 5.85. The summed E-state index contributed by atoms with van der Waals surface area (Å²) in [6.45, 7) is 11.1. The van der Waals surface area contributed by atoms with Crippen LogP contribution < -0.4 is 15.5 Å². The van der Waals surface area contributed by atoms with E-state index in [9.17, 15) is 0 Å². The molecule has 1 aliphatic heterocycles. The van der Waals surface area contributed by atoms with Crippen LogP contribution in [-0.4, -0.2) is 37.1 Å². The lowest BCUT2D eigenvalue weighted by Gasteiger charge is -2.35. The average Bonchev–Trinajstić information content (AvgIpc) is 3.15. The van der Waals surface area contributed by atoms with E-state index in [1.54, 1.807) is 7.05 Å². The van der Waals surface area contributed by atoms with Gasteiger partial charge < -0.3 is 20.0 Å². The number of benzene rings is 1. The second kappa shape index (κ2) is 10.3. The first-order valence-corrected chi connectivity index (χ1v) is 10.1. The smallest absolute Gasteiger partial charge is 0.213 e. The molecule has 3 rings (SSSR count). The van der Waals surface area contributed by atoms with E-state index < -0.39 is 0 Å². The summed E-state index contributed by atoms with van der Waals surface area (Å²) in [5, 5.41) is 6.88. The summed E-state index contributed by atoms with van der Waals surface area (Å²) in [5.74, 6) is 2.36. The summed E-state index contributed by atoms with van der Waals surface area (Å²) in [6.07, 6.45) is 4.11. The van der Waals surface area contributed by atoms with Crippen molar-refractivity contribution in [2.75, 3.05) is 25.0 Å². The molecule has 1 aromatic heterocycles. The van der Waals surface area contributed by atoms with Crippen LogP contribution in [0.5, 0.6) is 0 Å². The van der Waals surface area contributed by atoms with Gasteiger partial charge in [-0.15, -0.1) is 24.0 Å². The molecule has 1 atom stereocenters. The van der Waals surface area contributed by atoms with E-state index in [-0.39, 0.29) is 29.4 Å². The highest BCUT2D eigenvalue weighted by atomic mass is 127. The molecule has 0 aliphatic carbocycles. The van der Waals surface area contributed by atoms with Crippen molar-refractivity contribution in [1.29, 1.82) is 0 Å². The molecule has 0 bridgehead atoms. The molecule has 29 heavy (non-hydrogen) atoms. The molecule has 2 aromatic rings. The zero-order valence-corrected chi connectivity index (χ0v) is 20.5. The SMILES string of the molecule is CN=C(NCc1ncc(C(C)(C)C)o1)NC1CCCN(c2ccc(C)cc2)C1.I. The number of nitrogens with one attached hydrogen (secondary N) is 2. The number of aromatic nitrogens is 1. The Morgan fingerprint density at radius 2 is 2.00 bits per heavy atom. The third kappa shape index (κ3) is 6.62. The van der Waals surface area contributed by atoms with Gasteiger partial charge in [0.2, 0.25) is 5.89 Å². The fourth-order valence-corrected chi connectivity index (χ4v) is 3.37. The van der Waals surface area contributed by atoms with E-state index in [0.29, 0.717) is 18.5 Å². The number of aryl methyl sites for hydroxylation is 1. The fourth-order valence-electron chi connectivity index (χ4n) is 3.37. The van der Waals surface area contributed by atoms with Crippen LogP contribution in [0.15, 0.2) is 39.9 Å². The number of aliphatic imine (C=N–C) groups is 1. The summed E-state index contributed by atoms with van der Waals surface area (Å²) in [4.78, 5) is 11.2. The van der Waals surface area contributed by atoms with Gasteiger partial charge in [-0.25, -0.2) is 4.98 Å². The quantitative estimate of drug-likeness (QED) is 0.366. The molecule has 6 nitrogen and oxygen atoms in total. The van der Waals surface area contributed by atoms with Crippen LogP contribution in [0.1, 0.15) is 50.8 Å². The molecular formula is C22H34IN5O. The molecule has 1 aromatic carbocycles. The summed E-state index contributed by atoms with van der Waals surface area (Å²) in [6, 6.07) is 9.13. The van der Waals surface area contributed by atoms with Crippen LogP contribution in [0.4, 0.5) is 5.69 Å². The first kappa shape index (κ1) is 23.5. The van der Waals surface area contributed by atoms with Gasteiger partial charge in [0.05, 0.1) is 12.7 Å². The Labute approximate surface area is 191 Å². The number of hydrogen-bond acceptors (Lipinski definition) is 4. The normalized spacial score (nSPS) is 17.6. The number of guanidine groups is 1. The number of piperidine rings is 1. The van der Waals surface area contributed by atoms with Crippen LogP contribution >= 0.6 is 24.0 Å². The van der Waals surface area contributed by atoms with E-state index in [1.165, 1.54) is 11.3 Å². The first-order valence-electron chi connectivity index (χ1n) is 10.1. The van der Waals surface area contributed by atoms with Crippen molar-refractivity contribution in [3.8, 4) is 0 Å². The van der Waals surface area contributed by atoms with Crippen molar-refractivity contribution in [3.63, 3.8) is 0 Å². The number of rotatable bonds is 4. The summed E-state index contributed by atoms with van der Waals surface area (Å²) in [5.41, 5.74) is 2.54. The van der Waals surface area contributed by atoms with Gasteiger partial charge in [0, 0.05) is 37.3 Å². The largest absolute Gasteiger partial charge is 0.443 e. The Hall–Kier alpha value is -1.77. The molecule has 2 N–H and O–H groups in total. The topological polar surface area (TPSA) is 65.7 Å². The Kier molecular flexibility index (Phi) is 8.36. The van der Waals surface area contributed by atoms with Gasteiger partial charge in [0.15, 0.2) is 5.96 Å². The van der Waals surface area contributed by atoms with Crippen molar-refractivity contribution in [1.82, 2.24) is 15.6 Å². The van der Waals surface area contributed by atoms with Crippen LogP contribution in [0.2, 0.25) is 0 Å². The highest BCUT2D eigenvalue weighted by Gasteiger charge is 2.22. The third-order valence-corrected chi connectivity index (χ3v) is 5.08. The van der Waals surface area contributed by atoms with Gasteiger partial charge >= 0.3 is 0 Å². The van der Waals surface area contributed by atoms with Crippen LogP contribution in [0.3, 0.4) is 0 Å². The van der Waals surface area contributed by atoms with E-state index in [4.69, 9.17) is 4.42 Å². The molecule has 7 heteroatoms.